The molecule has 0 atom stereocenters. The van der Waals surface area contributed by atoms with E-state index in [0.717, 1.165) is 32.5 Å². The van der Waals surface area contributed by atoms with Gasteiger partial charge in [0.25, 0.3) is 6.02 Å². The Kier molecular flexibility index (Phi) is 7.14. The van der Waals surface area contributed by atoms with E-state index in [1.165, 1.54) is 10.5 Å². The summed E-state index contributed by atoms with van der Waals surface area (Å²) in [5.41, 5.74) is 1.86. The monoisotopic (exact) mass is 392 g/mol. The van der Waals surface area contributed by atoms with Crippen LogP contribution < -0.4 is 0 Å². The molecule has 2 N–H and O–H groups in total. The summed E-state index contributed by atoms with van der Waals surface area (Å²) in [5, 5.41) is 16.5. The molecule has 152 valence electrons. The molecule has 1 fully saturated rings. The Hall–Kier alpha value is -2.99. The molecule has 29 heavy (non-hydrogen) atoms. The minimum absolute atomic E-state index is 0.0782. The predicted molar refractivity (Wildman–Crippen MR) is 114 cm³/mol. The second kappa shape index (κ2) is 9.98. The van der Waals surface area contributed by atoms with Gasteiger partial charge in [0, 0.05) is 37.7 Å². The molecule has 3 rings (SSSR count). The van der Waals surface area contributed by atoms with E-state index in [1.807, 2.05) is 36.4 Å². The van der Waals surface area contributed by atoms with Crippen molar-refractivity contribution in [1.29, 1.82) is 10.8 Å². The van der Waals surface area contributed by atoms with Crippen LogP contribution in [0.2, 0.25) is 0 Å². The SMILES string of the molecule is CCC(=O)N(C(=N)OC(=N)c1ccccc1)C1CCN(Cc2ccccc2)CC1. The van der Waals surface area contributed by atoms with Crippen molar-refractivity contribution in [1.82, 2.24) is 9.80 Å². The number of rotatable bonds is 5. The van der Waals surface area contributed by atoms with E-state index >= 15 is 0 Å². The van der Waals surface area contributed by atoms with Crippen LogP contribution in [0.5, 0.6) is 0 Å². The van der Waals surface area contributed by atoms with Crippen LogP contribution in [-0.2, 0) is 16.1 Å². The van der Waals surface area contributed by atoms with Gasteiger partial charge in [0.05, 0.1) is 0 Å². The van der Waals surface area contributed by atoms with Gasteiger partial charge in [-0.25, -0.2) is 0 Å². The summed E-state index contributed by atoms with van der Waals surface area (Å²) in [7, 11) is 0. The van der Waals surface area contributed by atoms with Crippen LogP contribution in [0.4, 0.5) is 0 Å². The molecular weight excluding hydrogens is 364 g/mol. The van der Waals surface area contributed by atoms with Crippen LogP contribution in [0.25, 0.3) is 0 Å². The molecule has 2 aromatic carbocycles. The number of amides is 1. The third kappa shape index (κ3) is 5.51. The number of carbonyl (C=O) groups excluding carboxylic acids is 1. The van der Waals surface area contributed by atoms with Gasteiger partial charge in [0.1, 0.15) is 0 Å². The minimum Gasteiger partial charge on any atom is -0.407 e. The first kappa shape index (κ1) is 20.7. The van der Waals surface area contributed by atoms with Crippen LogP contribution in [-0.4, -0.2) is 46.8 Å². The number of ether oxygens (including phenoxy) is 1. The van der Waals surface area contributed by atoms with Crippen LogP contribution in [0.1, 0.15) is 37.3 Å². The van der Waals surface area contributed by atoms with E-state index in [-0.39, 0.29) is 23.9 Å². The third-order valence-corrected chi connectivity index (χ3v) is 5.20. The summed E-state index contributed by atoms with van der Waals surface area (Å²) in [5.74, 6) is -0.261. The maximum absolute atomic E-state index is 12.6. The van der Waals surface area contributed by atoms with E-state index in [0.29, 0.717) is 12.0 Å². The summed E-state index contributed by atoms with van der Waals surface area (Å²) >= 11 is 0. The van der Waals surface area contributed by atoms with Gasteiger partial charge < -0.3 is 4.74 Å². The van der Waals surface area contributed by atoms with Crippen molar-refractivity contribution in [3.05, 3.63) is 71.8 Å². The van der Waals surface area contributed by atoms with Gasteiger partial charge in [-0.05, 0) is 30.5 Å². The average Bonchev–Trinajstić information content (AvgIpc) is 2.76. The first-order valence-electron chi connectivity index (χ1n) is 10.1. The second-order valence-corrected chi connectivity index (χ2v) is 7.21. The molecule has 1 heterocycles. The number of nitrogens with one attached hydrogen (secondary N) is 2. The zero-order valence-corrected chi connectivity index (χ0v) is 16.8. The lowest BCUT2D eigenvalue weighted by Gasteiger charge is -2.37. The van der Waals surface area contributed by atoms with Crippen molar-refractivity contribution in [2.24, 2.45) is 0 Å². The van der Waals surface area contributed by atoms with Gasteiger partial charge in [-0.1, -0.05) is 55.5 Å². The molecule has 0 aliphatic carbocycles. The molecule has 1 aliphatic rings. The molecule has 1 aliphatic heterocycles. The van der Waals surface area contributed by atoms with Gasteiger partial charge in [-0.15, -0.1) is 0 Å². The van der Waals surface area contributed by atoms with E-state index in [9.17, 15) is 4.79 Å². The maximum atomic E-state index is 12.6. The number of benzene rings is 2. The normalized spacial score (nSPS) is 14.9. The molecule has 0 radical (unpaired) electrons. The number of carbonyl (C=O) groups is 1. The Balaban J connectivity index is 1.61. The van der Waals surface area contributed by atoms with Crippen LogP contribution in [0.3, 0.4) is 0 Å². The predicted octanol–water partition coefficient (Wildman–Crippen LogP) is 3.87. The van der Waals surface area contributed by atoms with E-state index < -0.39 is 0 Å². The van der Waals surface area contributed by atoms with Gasteiger partial charge in [0.2, 0.25) is 11.8 Å². The second-order valence-electron chi connectivity index (χ2n) is 7.21. The summed E-state index contributed by atoms with van der Waals surface area (Å²) in [6, 6.07) is 19.0. The minimum atomic E-state index is -0.257. The van der Waals surface area contributed by atoms with Gasteiger partial charge in [0.15, 0.2) is 0 Å². The van der Waals surface area contributed by atoms with Crippen molar-refractivity contribution in [2.75, 3.05) is 13.1 Å². The van der Waals surface area contributed by atoms with Gasteiger partial charge >= 0.3 is 0 Å². The molecular formula is C23H28N4O2. The lowest BCUT2D eigenvalue weighted by Crippen LogP contribution is -2.50. The lowest BCUT2D eigenvalue weighted by atomic mass is 10.0. The van der Waals surface area contributed by atoms with Crippen LogP contribution >= 0.6 is 0 Å². The number of amidine groups is 1. The molecule has 6 nitrogen and oxygen atoms in total. The maximum Gasteiger partial charge on any atom is 0.298 e. The molecule has 1 amide bonds. The zero-order chi connectivity index (χ0) is 20.6. The van der Waals surface area contributed by atoms with E-state index in [4.69, 9.17) is 15.6 Å². The van der Waals surface area contributed by atoms with Crippen LogP contribution in [0.15, 0.2) is 60.7 Å². The summed E-state index contributed by atoms with van der Waals surface area (Å²) in [6.45, 7) is 4.39. The Morgan fingerprint density at radius 3 is 2.21 bits per heavy atom. The fourth-order valence-corrected chi connectivity index (χ4v) is 3.62. The molecule has 0 saturated carbocycles. The highest BCUT2D eigenvalue weighted by Gasteiger charge is 2.31. The van der Waals surface area contributed by atoms with Crippen LogP contribution in [0, 0.1) is 10.8 Å². The highest BCUT2D eigenvalue weighted by atomic mass is 16.5. The number of likely N-dealkylation sites (tertiary alicyclic amines) is 1. The Morgan fingerprint density at radius 2 is 1.62 bits per heavy atom. The van der Waals surface area contributed by atoms with E-state index in [1.54, 1.807) is 19.1 Å². The standard InChI is InChI=1S/C23H28N4O2/c1-2-21(28)27(23(25)29-22(24)19-11-7-4-8-12-19)20-13-15-26(16-14-20)17-18-9-5-3-6-10-18/h3-12,20,24-25H,2,13-17H2,1H3. The summed E-state index contributed by atoms with van der Waals surface area (Å²) < 4.78 is 5.46. The lowest BCUT2D eigenvalue weighted by molar-refractivity contribution is -0.130. The third-order valence-electron chi connectivity index (χ3n) is 5.20. The number of piperidine rings is 1. The van der Waals surface area contributed by atoms with Gasteiger partial charge in [-0.2, -0.15) is 0 Å². The van der Waals surface area contributed by atoms with Crippen molar-refractivity contribution in [3.8, 4) is 0 Å². The van der Waals surface area contributed by atoms with Crippen molar-refractivity contribution < 1.29 is 9.53 Å². The fourth-order valence-electron chi connectivity index (χ4n) is 3.62. The first-order chi connectivity index (χ1) is 14.1. The fraction of sp³-hybridized carbons (Fsp3) is 0.348. The number of hydrogen-bond donors (Lipinski definition) is 2. The topological polar surface area (TPSA) is 80.5 Å². The molecule has 0 unspecified atom stereocenters. The quantitative estimate of drug-likeness (QED) is 0.599. The van der Waals surface area contributed by atoms with Crippen molar-refractivity contribution in [3.63, 3.8) is 0 Å². The molecule has 0 spiro atoms. The Bertz CT molecular complexity index is 830. The number of nitrogens with zero attached hydrogens (tertiary/aromatic N) is 2. The molecule has 1 saturated heterocycles. The molecule has 2 aromatic rings. The highest BCUT2D eigenvalue weighted by molar-refractivity contribution is 6.02. The Labute approximate surface area is 172 Å². The molecule has 6 heteroatoms. The van der Waals surface area contributed by atoms with Gasteiger partial charge in [-0.3, -0.25) is 25.4 Å². The smallest absolute Gasteiger partial charge is 0.298 e. The first-order valence-corrected chi connectivity index (χ1v) is 10.1. The molecule has 0 aromatic heterocycles. The number of hydrogen-bond acceptors (Lipinski definition) is 5. The highest BCUT2D eigenvalue weighted by Crippen LogP contribution is 2.20. The average molecular weight is 393 g/mol. The largest absolute Gasteiger partial charge is 0.407 e. The summed E-state index contributed by atoms with van der Waals surface area (Å²) in [4.78, 5) is 16.4. The zero-order valence-electron chi connectivity index (χ0n) is 16.8. The molecule has 0 bridgehead atoms. The van der Waals surface area contributed by atoms with Crippen molar-refractivity contribution >= 4 is 17.8 Å². The van der Waals surface area contributed by atoms with E-state index in [2.05, 4.69) is 17.0 Å². The summed E-state index contributed by atoms with van der Waals surface area (Å²) in [6.07, 6.45) is 1.86. The Morgan fingerprint density at radius 1 is 1.03 bits per heavy atom. The van der Waals surface area contributed by atoms with Crippen molar-refractivity contribution in [2.45, 2.75) is 38.8 Å².